The zero-order valence-corrected chi connectivity index (χ0v) is 16.2. The lowest BCUT2D eigenvalue weighted by molar-refractivity contribution is -0.124. The van der Waals surface area contributed by atoms with Crippen molar-refractivity contribution in [3.8, 4) is 5.75 Å². The Balaban J connectivity index is 1.50. The SMILES string of the molecule is CNC(=O)[C@H]1CCCN1C(=O)Nc1cccc(OCCCc2ccccc2)c1. The standard InChI is InChI=1S/C22H27N3O3/c1-23-21(26)20-13-6-14-25(20)22(27)24-18-11-5-12-19(16-18)28-15-7-10-17-8-3-2-4-9-17/h2-5,8-9,11-12,16,20H,6-7,10,13-15H2,1H3,(H,23,26)(H,24,27)/t20-/m1/s1. The molecule has 0 aromatic heterocycles. The summed E-state index contributed by atoms with van der Waals surface area (Å²) in [5, 5.41) is 5.50. The summed E-state index contributed by atoms with van der Waals surface area (Å²) in [6.45, 7) is 1.19. The Hall–Kier alpha value is -3.02. The molecule has 28 heavy (non-hydrogen) atoms. The summed E-state index contributed by atoms with van der Waals surface area (Å²) in [7, 11) is 1.59. The van der Waals surface area contributed by atoms with Gasteiger partial charge in [0.05, 0.1) is 6.61 Å². The number of rotatable bonds is 7. The fourth-order valence-corrected chi connectivity index (χ4v) is 3.42. The number of hydrogen-bond acceptors (Lipinski definition) is 3. The number of hydrogen-bond donors (Lipinski definition) is 2. The van der Waals surface area contributed by atoms with Gasteiger partial charge in [0.1, 0.15) is 11.8 Å². The highest BCUT2D eigenvalue weighted by Gasteiger charge is 2.33. The minimum atomic E-state index is -0.401. The molecule has 1 aliphatic rings. The number of nitrogens with zero attached hydrogens (tertiary/aromatic N) is 1. The lowest BCUT2D eigenvalue weighted by Crippen LogP contribution is -2.46. The minimum absolute atomic E-state index is 0.122. The van der Waals surface area contributed by atoms with E-state index in [0.29, 0.717) is 25.3 Å². The van der Waals surface area contributed by atoms with Crippen molar-refractivity contribution in [3.63, 3.8) is 0 Å². The van der Waals surface area contributed by atoms with E-state index < -0.39 is 6.04 Å². The van der Waals surface area contributed by atoms with Crippen LogP contribution in [0.25, 0.3) is 0 Å². The zero-order valence-electron chi connectivity index (χ0n) is 16.2. The molecule has 3 amide bonds. The summed E-state index contributed by atoms with van der Waals surface area (Å²) in [6, 6.07) is 17.0. The van der Waals surface area contributed by atoms with Crippen molar-refractivity contribution in [2.75, 3.05) is 25.5 Å². The summed E-state index contributed by atoms with van der Waals surface area (Å²) < 4.78 is 5.82. The molecule has 1 atom stereocenters. The number of aryl methyl sites for hydroxylation is 1. The first-order chi connectivity index (χ1) is 13.7. The lowest BCUT2D eigenvalue weighted by atomic mass is 10.1. The highest BCUT2D eigenvalue weighted by molar-refractivity contribution is 5.94. The van der Waals surface area contributed by atoms with E-state index in [1.807, 2.05) is 42.5 Å². The first-order valence-electron chi connectivity index (χ1n) is 9.73. The third kappa shape index (κ3) is 5.25. The molecule has 0 saturated carbocycles. The number of benzene rings is 2. The molecule has 0 spiro atoms. The maximum absolute atomic E-state index is 12.6. The molecule has 0 bridgehead atoms. The molecule has 0 aliphatic carbocycles. The highest BCUT2D eigenvalue weighted by atomic mass is 16.5. The molecule has 148 valence electrons. The smallest absolute Gasteiger partial charge is 0.322 e. The van der Waals surface area contributed by atoms with Crippen LogP contribution in [-0.2, 0) is 11.2 Å². The molecular weight excluding hydrogens is 354 g/mol. The van der Waals surface area contributed by atoms with Gasteiger partial charge in [-0.05, 0) is 43.4 Å². The highest BCUT2D eigenvalue weighted by Crippen LogP contribution is 2.21. The van der Waals surface area contributed by atoms with Crippen LogP contribution in [0.4, 0.5) is 10.5 Å². The van der Waals surface area contributed by atoms with Crippen molar-refractivity contribution >= 4 is 17.6 Å². The Morgan fingerprint density at radius 1 is 1.14 bits per heavy atom. The molecule has 0 radical (unpaired) electrons. The molecule has 2 aromatic rings. The predicted octanol–water partition coefficient (Wildman–Crippen LogP) is 3.44. The monoisotopic (exact) mass is 381 g/mol. The molecular formula is C22H27N3O3. The quantitative estimate of drug-likeness (QED) is 0.722. The number of nitrogens with one attached hydrogen (secondary N) is 2. The molecule has 1 aliphatic heterocycles. The largest absolute Gasteiger partial charge is 0.494 e. The van der Waals surface area contributed by atoms with E-state index in [1.165, 1.54) is 5.56 Å². The molecule has 6 heteroatoms. The van der Waals surface area contributed by atoms with Crippen molar-refractivity contribution < 1.29 is 14.3 Å². The van der Waals surface area contributed by atoms with Gasteiger partial charge in [0, 0.05) is 25.3 Å². The van der Waals surface area contributed by atoms with E-state index in [0.717, 1.165) is 25.0 Å². The Labute approximate surface area is 165 Å². The molecule has 2 aromatic carbocycles. The first kappa shape index (κ1) is 19.7. The van der Waals surface area contributed by atoms with E-state index in [9.17, 15) is 9.59 Å². The predicted molar refractivity (Wildman–Crippen MR) is 110 cm³/mol. The van der Waals surface area contributed by atoms with Crippen LogP contribution >= 0.6 is 0 Å². The second-order valence-corrected chi connectivity index (χ2v) is 6.86. The molecule has 1 fully saturated rings. The van der Waals surface area contributed by atoms with Gasteiger partial charge >= 0.3 is 6.03 Å². The first-order valence-corrected chi connectivity index (χ1v) is 9.73. The average Bonchev–Trinajstić information content (AvgIpc) is 3.22. The number of urea groups is 1. The molecule has 2 N–H and O–H groups in total. The molecule has 6 nitrogen and oxygen atoms in total. The van der Waals surface area contributed by atoms with Crippen LogP contribution in [0.2, 0.25) is 0 Å². The van der Waals surface area contributed by atoms with Crippen LogP contribution in [0.15, 0.2) is 54.6 Å². The number of carbonyl (C=O) groups is 2. The maximum Gasteiger partial charge on any atom is 0.322 e. The zero-order chi connectivity index (χ0) is 19.8. The molecule has 1 heterocycles. The van der Waals surface area contributed by atoms with Crippen LogP contribution in [0, 0.1) is 0 Å². The summed E-state index contributed by atoms with van der Waals surface area (Å²) in [6.07, 6.45) is 3.41. The van der Waals surface area contributed by atoms with Crippen molar-refractivity contribution in [3.05, 3.63) is 60.2 Å². The van der Waals surface area contributed by atoms with Crippen LogP contribution in [0.1, 0.15) is 24.8 Å². The van der Waals surface area contributed by atoms with Crippen molar-refractivity contribution in [2.45, 2.75) is 31.7 Å². The Morgan fingerprint density at radius 2 is 1.96 bits per heavy atom. The molecule has 3 rings (SSSR count). The van der Waals surface area contributed by atoms with Crippen molar-refractivity contribution in [1.29, 1.82) is 0 Å². The van der Waals surface area contributed by atoms with Crippen molar-refractivity contribution in [2.24, 2.45) is 0 Å². The van der Waals surface area contributed by atoms with Gasteiger partial charge in [0.25, 0.3) is 0 Å². The van der Waals surface area contributed by atoms with Gasteiger partial charge in [-0.2, -0.15) is 0 Å². The van der Waals surface area contributed by atoms with Gasteiger partial charge in [-0.25, -0.2) is 4.79 Å². The van der Waals surface area contributed by atoms with Gasteiger partial charge in [-0.15, -0.1) is 0 Å². The third-order valence-electron chi connectivity index (χ3n) is 4.87. The third-order valence-corrected chi connectivity index (χ3v) is 4.87. The topological polar surface area (TPSA) is 70.7 Å². The van der Waals surface area contributed by atoms with Gasteiger partial charge in [0.2, 0.25) is 5.91 Å². The summed E-state index contributed by atoms with van der Waals surface area (Å²) in [5.41, 5.74) is 1.96. The van der Waals surface area contributed by atoms with E-state index >= 15 is 0 Å². The Kier molecular flexibility index (Phi) is 6.89. The molecule has 0 unspecified atom stereocenters. The lowest BCUT2D eigenvalue weighted by Gasteiger charge is -2.23. The normalized spacial score (nSPS) is 15.9. The second kappa shape index (κ2) is 9.78. The van der Waals surface area contributed by atoms with E-state index in [2.05, 4.69) is 22.8 Å². The fourth-order valence-electron chi connectivity index (χ4n) is 3.42. The van der Waals surface area contributed by atoms with Gasteiger partial charge in [0.15, 0.2) is 0 Å². The Bertz CT molecular complexity index is 795. The second-order valence-electron chi connectivity index (χ2n) is 6.86. The van der Waals surface area contributed by atoms with E-state index in [1.54, 1.807) is 11.9 Å². The van der Waals surface area contributed by atoms with Crippen molar-refractivity contribution in [1.82, 2.24) is 10.2 Å². The number of anilines is 1. The van der Waals surface area contributed by atoms with Crippen LogP contribution in [0.5, 0.6) is 5.75 Å². The van der Waals surface area contributed by atoms with E-state index in [4.69, 9.17) is 4.74 Å². The summed E-state index contributed by atoms with van der Waals surface area (Å²) in [4.78, 5) is 26.1. The number of likely N-dealkylation sites (N-methyl/N-ethyl adjacent to an activating group) is 1. The number of ether oxygens (including phenoxy) is 1. The van der Waals surface area contributed by atoms with Gasteiger partial charge in [-0.3, -0.25) is 4.79 Å². The molecule has 1 saturated heterocycles. The summed E-state index contributed by atoms with van der Waals surface area (Å²) >= 11 is 0. The van der Waals surface area contributed by atoms with Gasteiger partial charge in [-0.1, -0.05) is 36.4 Å². The van der Waals surface area contributed by atoms with Crippen LogP contribution in [0.3, 0.4) is 0 Å². The van der Waals surface area contributed by atoms with Crippen LogP contribution in [-0.4, -0.2) is 43.1 Å². The minimum Gasteiger partial charge on any atom is -0.494 e. The van der Waals surface area contributed by atoms with Crippen LogP contribution < -0.4 is 15.4 Å². The van der Waals surface area contributed by atoms with Gasteiger partial charge < -0.3 is 20.3 Å². The fraction of sp³-hybridized carbons (Fsp3) is 0.364. The number of likely N-dealkylation sites (tertiary alicyclic amines) is 1. The average molecular weight is 381 g/mol. The number of carbonyl (C=O) groups excluding carboxylic acids is 2. The van der Waals surface area contributed by atoms with E-state index in [-0.39, 0.29) is 11.9 Å². The maximum atomic E-state index is 12.6. The summed E-state index contributed by atoms with van der Waals surface area (Å²) in [5.74, 6) is 0.596. The Morgan fingerprint density at radius 3 is 2.75 bits per heavy atom. The number of amides is 3.